The van der Waals surface area contributed by atoms with Crippen LogP contribution in [0.2, 0.25) is 0 Å². The van der Waals surface area contributed by atoms with E-state index in [0.29, 0.717) is 16.5 Å². The normalized spacial score (nSPS) is 32.3. The first-order valence-corrected chi connectivity index (χ1v) is 6.80. The molecule has 15 heavy (non-hydrogen) atoms. The predicted octanol–water partition coefficient (Wildman–Crippen LogP) is 2.07. The smallest absolute Gasteiger partial charge is 0.317 e. The maximum absolute atomic E-state index is 11.9. The highest BCUT2D eigenvalue weighted by atomic mass is 32.2. The summed E-state index contributed by atoms with van der Waals surface area (Å²) < 4.78 is 0. The molecule has 2 fully saturated rings. The Labute approximate surface area is 96.0 Å². The molecule has 2 amide bonds. The molecule has 3 nitrogen and oxygen atoms in total. The fraction of sp³-hybridized carbons (Fsp3) is 0.909. The van der Waals surface area contributed by atoms with Crippen LogP contribution >= 0.6 is 11.8 Å². The fourth-order valence-electron chi connectivity index (χ4n) is 2.16. The van der Waals surface area contributed by atoms with Gasteiger partial charge >= 0.3 is 6.03 Å². The van der Waals surface area contributed by atoms with E-state index in [-0.39, 0.29) is 6.03 Å². The molecule has 1 N–H and O–H groups in total. The highest BCUT2D eigenvalue weighted by molar-refractivity contribution is 8.00. The molecule has 4 heteroatoms. The van der Waals surface area contributed by atoms with E-state index in [2.05, 4.69) is 19.2 Å². The van der Waals surface area contributed by atoms with Crippen LogP contribution in [0.5, 0.6) is 0 Å². The minimum atomic E-state index is 0.152. The maximum Gasteiger partial charge on any atom is 0.317 e. The lowest BCUT2D eigenvalue weighted by molar-refractivity contribution is 0.185. The number of hydrogen-bond acceptors (Lipinski definition) is 2. The van der Waals surface area contributed by atoms with Crippen molar-refractivity contribution in [2.24, 2.45) is 0 Å². The largest absolute Gasteiger partial charge is 0.335 e. The minimum absolute atomic E-state index is 0.152. The van der Waals surface area contributed by atoms with Gasteiger partial charge in [0.15, 0.2) is 0 Å². The third kappa shape index (κ3) is 2.80. The molecule has 1 aliphatic heterocycles. The third-order valence-electron chi connectivity index (χ3n) is 3.14. The quantitative estimate of drug-likeness (QED) is 0.745. The summed E-state index contributed by atoms with van der Waals surface area (Å²) in [6, 6.07) is 0.608. The lowest BCUT2D eigenvalue weighted by Crippen LogP contribution is -2.52. The molecule has 0 spiro atoms. The van der Waals surface area contributed by atoms with Crippen molar-refractivity contribution in [2.75, 3.05) is 13.1 Å². The molecule has 0 radical (unpaired) electrons. The second-order valence-corrected chi connectivity index (χ2v) is 6.62. The molecule has 86 valence electrons. The van der Waals surface area contributed by atoms with E-state index in [1.54, 1.807) is 0 Å². The van der Waals surface area contributed by atoms with Crippen LogP contribution in [-0.4, -0.2) is 40.6 Å². The molecule has 0 aromatic heterocycles. The predicted molar refractivity (Wildman–Crippen MR) is 64.3 cm³/mol. The Kier molecular flexibility index (Phi) is 3.44. The number of rotatable bonds is 1. The zero-order valence-corrected chi connectivity index (χ0v) is 10.3. The van der Waals surface area contributed by atoms with E-state index in [1.807, 2.05) is 16.7 Å². The molecule has 0 bridgehead atoms. The number of thioether (sulfide) groups is 1. The average Bonchev–Trinajstić information content (AvgIpc) is 2.09. The van der Waals surface area contributed by atoms with Crippen LogP contribution < -0.4 is 5.32 Å². The molecular formula is C11H20N2OS. The van der Waals surface area contributed by atoms with Crippen molar-refractivity contribution in [1.29, 1.82) is 0 Å². The highest BCUT2D eigenvalue weighted by Crippen LogP contribution is 2.25. The van der Waals surface area contributed by atoms with Crippen LogP contribution in [0.4, 0.5) is 4.79 Å². The van der Waals surface area contributed by atoms with Crippen LogP contribution in [0, 0.1) is 0 Å². The summed E-state index contributed by atoms with van der Waals surface area (Å²) >= 11 is 1.98. The van der Waals surface area contributed by atoms with Gasteiger partial charge in [-0.05, 0) is 19.3 Å². The van der Waals surface area contributed by atoms with E-state index in [9.17, 15) is 4.79 Å². The number of carbonyl (C=O) groups excluding carboxylic acids is 1. The average molecular weight is 228 g/mol. The summed E-state index contributed by atoms with van der Waals surface area (Å²) in [6.07, 6.45) is 3.60. The number of amides is 2. The van der Waals surface area contributed by atoms with Gasteiger partial charge < -0.3 is 10.2 Å². The topological polar surface area (TPSA) is 32.3 Å². The number of nitrogens with zero attached hydrogens (tertiary/aromatic N) is 1. The van der Waals surface area contributed by atoms with Crippen LogP contribution in [-0.2, 0) is 0 Å². The van der Waals surface area contributed by atoms with Crippen molar-refractivity contribution in [1.82, 2.24) is 10.2 Å². The summed E-state index contributed by atoms with van der Waals surface area (Å²) in [5.74, 6) is 0. The lowest BCUT2D eigenvalue weighted by Gasteiger charge is -2.36. The van der Waals surface area contributed by atoms with Gasteiger partial charge in [-0.3, -0.25) is 0 Å². The van der Waals surface area contributed by atoms with Crippen molar-refractivity contribution in [3.8, 4) is 0 Å². The first-order valence-electron chi connectivity index (χ1n) is 5.86. The number of nitrogens with one attached hydrogen (secondary N) is 1. The molecule has 2 unspecified atom stereocenters. The third-order valence-corrected chi connectivity index (χ3v) is 4.37. The number of hydrogen-bond donors (Lipinski definition) is 1. The molecule has 2 aliphatic rings. The number of carbonyl (C=O) groups is 1. The van der Waals surface area contributed by atoms with Gasteiger partial charge in [0, 0.05) is 29.6 Å². The second-order valence-electron chi connectivity index (χ2n) is 4.74. The van der Waals surface area contributed by atoms with Gasteiger partial charge in [0.25, 0.3) is 0 Å². The summed E-state index contributed by atoms with van der Waals surface area (Å²) in [6.45, 7) is 6.19. The van der Waals surface area contributed by atoms with E-state index >= 15 is 0 Å². The van der Waals surface area contributed by atoms with E-state index in [0.717, 1.165) is 13.1 Å². The Morgan fingerprint density at radius 2 is 1.87 bits per heavy atom. The van der Waals surface area contributed by atoms with Gasteiger partial charge in [0.1, 0.15) is 0 Å². The van der Waals surface area contributed by atoms with E-state index in [4.69, 9.17) is 0 Å². The van der Waals surface area contributed by atoms with Gasteiger partial charge in [0.05, 0.1) is 0 Å². The molecule has 1 saturated heterocycles. The zero-order valence-electron chi connectivity index (χ0n) is 9.53. The molecule has 0 aromatic rings. The maximum atomic E-state index is 11.9. The first-order chi connectivity index (χ1) is 7.15. The van der Waals surface area contributed by atoms with Gasteiger partial charge in [-0.15, -0.1) is 0 Å². The Morgan fingerprint density at radius 1 is 1.27 bits per heavy atom. The highest BCUT2D eigenvalue weighted by Gasteiger charge is 2.28. The molecule has 0 aromatic carbocycles. The van der Waals surface area contributed by atoms with Gasteiger partial charge in [-0.2, -0.15) is 11.8 Å². The zero-order chi connectivity index (χ0) is 10.8. The Bertz CT molecular complexity index is 233. The van der Waals surface area contributed by atoms with Crippen molar-refractivity contribution < 1.29 is 4.79 Å². The summed E-state index contributed by atoms with van der Waals surface area (Å²) in [5.41, 5.74) is 0. The van der Waals surface area contributed by atoms with Crippen LogP contribution in [0.1, 0.15) is 33.1 Å². The summed E-state index contributed by atoms with van der Waals surface area (Å²) in [5, 5.41) is 4.25. The summed E-state index contributed by atoms with van der Waals surface area (Å²) in [7, 11) is 0. The molecule has 2 rings (SSSR count). The SMILES string of the molecule is CC1CN(C(=O)NC2CCC2)CC(C)S1. The Hall–Kier alpha value is -0.380. The molecule has 2 atom stereocenters. The second kappa shape index (κ2) is 4.64. The monoisotopic (exact) mass is 228 g/mol. The lowest BCUT2D eigenvalue weighted by atomic mass is 9.93. The van der Waals surface area contributed by atoms with Gasteiger partial charge in [-0.25, -0.2) is 4.79 Å². The summed E-state index contributed by atoms with van der Waals surface area (Å²) in [4.78, 5) is 13.9. The van der Waals surface area contributed by atoms with Crippen LogP contribution in [0.3, 0.4) is 0 Å². The molecule has 1 aliphatic carbocycles. The fourth-order valence-corrected chi connectivity index (χ4v) is 3.49. The van der Waals surface area contributed by atoms with Crippen LogP contribution in [0.25, 0.3) is 0 Å². The Morgan fingerprint density at radius 3 is 2.33 bits per heavy atom. The van der Waals surface area contributed by atoms with Gasteiger partial charge in [0.2, 0.25) is 0 Å². The molecule has 1 heterocycles. The van der Waals surface area contributed by atoms with Gasteiger partial charge in [-0.1, -0.05) is 13.8 Å². The van der Waals surface area contributed by atoms with E-state index < -0.39 is 0 Å². The van der Waals surface area contributed by atoms with Crippen LogP contribution in [0.15, 0.2) is 0 Å². The van der Waals surface area contributed by atoms with Crippen molar-refractivity contribution in [2.45, 2.75) is 49.7 Å². The number of urea groups is 1. The molecule has 1 saturated carbocycles. The Balaban J connectivity index is 1.82. The molecular weight excluding hydrogens is 208 g/mol. The van der Waals surface area contributed by atoms with Crippen molar-refractivity contribution in [3.63, 3.8) is 0 Å². The van der Waals surface area contributed by atoms with Crippen molar-refractivity contribution in [3.05, 3.63) is 0 Å². The minimum Gasteiger partial charge on any atom is -0.335 e. The van der Waals surface area contributed by atoms with Crippen molar-refractivity contribution >= 4 is 17.8 Å². The first kappa shape index (κ1) is 11.1. The standard InChI is InChI=1S/C11H20N2OS/c1-8-6-13(7-9(2)15-8)11(14)12-10-4-3-5-10/h8-10H,3-7H2,1-2H3,(H,12,14). The van der Waals surface area contributed by atoms with E-state index in [1.165, 1.54) is 19.3 Å².